The van der Waals surface area contributed by atoms with E-state index in [1.165, 1.54) is 4.90 Å². The van der Waals surface area contributed by atoms with E-state index in [0.717, 1.165) is 0 Å². The summed E-state index contributed by atoms with van der Waals surface area (Å²) in [7, 11) is -2.04. The molecule has 0 unspecified atom stereocenters. The Balaban J connectivity index is 2.98. The number of amides is 1. The van der Waals surface area contributed by atoms with Crippen LogP contribution in [-0.4, -0.2) is 56.1 Å². The smallest absolute Gasteiger partial charge is 0.410 e. The molecular weight excluding hydrogens is 341 g/mol. The molecule has 0 aromatic heterocycles. The summed E-state index contributed by atoms with van der Waals surface area (Å²) in [5.41, 5.74) is -0.676. The first-order valence-electron chi connectivity index (χ1n) is 8.91. The number of halogens is 1. The number of ether oxygens (including phenoxy) is 1. The third-order valence-electron chi connectivity index (χ3n) is 4.94. The molecule has 7 heteroatoms. The number of Topliss-reactive ketones (excluding diaryl/α,β-unsaturated/α-hetero) is 1. The van der Waals surface area contributed by atoms with Gasteiger partial charge in [0.1, 0.15) is 18.1 Å². The van der Waals surface area contributed by atoms with Crippen LogP contribution < -0.4 is 0 Å². The maximum atomic E-state index is 13.5. The molecule has 1 saturated heterocycles. The predicted molar refractivity (Wildman–Crippen MR) is 99.0 cm³/mol. The standard InChI is InChI=1S/C18H34FNO4Si/c1-17(2,3)24-16(22)20-13(11-19)9-15(21)10-14(20)12-23-25(7,8)18(4,5)6/h13-14H,9-12H2,1-8H3/t13-,14+/m1/s1. The molecule has 1 heterocycles. The van der Waals surface area contributed by atoms with Crippen molar-refractivity contribution in [2.75, 3.05) is 13.3 Å². The molecule has 2 atom stereocenters. The molecule has 1 fully saturated rings. The SMILES string of the molecule is CC(C)(C)OC(=O)N1[C@H](CO[Si](C)(C)C(C)(C)C)CC(=O)C[C@@H]1CF. The molecule has 0 bridgehead atoms. The lowest BCUT2D eigenvalue weighted by molar-refractivity contribution is -0.126. The minimum Gasteiger partial charge on any atom is -0.444 e. The molecule has 1 amide bonds. The van der Waals surface area contributed by atoms with Gasteiger partial charge in [-0.05, 0) is 38.9 Å². The number of piperidine rings is 1. The van der Waals surface area contributed by atoms with Crippen LogP contribution in [0.5, 0.6) is 0 Å². The van der Waals surface area contributed by atoms with E-state index in [9.17, 15) is 14.0 Å². The molecular formula is C18H34FNO4Si. The van der Waals surface area contributed by atoms with Gasteiger partial charge >= 0.3 is 6.09 Å². The molecule has 0 saturated carbocycles. The second-order valence-corrected chi connectivity index (χ2v) is 14.2. The van der Waals surface area contributed by atoms with Gasteiger partial charge < -0.3 is 9.16 Å². The minimum atomic E-state index is -2.04. The number of ketones is 1. The lowest BCUT2D eigenvalue weighted by Crippen LogP contribution is -2.57. The first-order chi connectivity index (χ1) is 11.2. The van der Waals surface area contributed by atoms with Gasteiger partial charge in [-0.1, -0.05) is 20.8 Å². The zero-order chi connectivity index (χ0) is 19.6. The zero-order valence-electron chi connectivity index (χ0n) is 16.9. The van der Waals surface area contributed by atoms with Gasteiger partial charge in [-0.3, -0.25) is 9.69 Å². The number of rotatable bonds is 4. The predicted octanol–water partition coefficient (Wildman–Crippen LogP) is 4.31. The van der Waals surface area contributed by atoms with Gasteiger partial charge in [-0.15, -0.1) is 0 Å². The zero-order valence-corrected chi connectivity index (χ0v) is 17.9. The number of nitrogens with zero attached hydrogens (tertiary/aromatic N) is 1. The van der Waals surface area contributed by atoms with Crippen LogP contribution in [0.2, 0.25) is 18.1 Å². The van der Waals surface area contributed by atoms with E-state index in [1.807, 2.05) is 0 Å². The number of carbonyl (C=O) groups is 2. The van der Waals surface area contributed by atoms with Gasteiger partial charge in [0.2, 0.25) is 0 Å². The third kappa shape index (κ3) is 6.06. The Hall–Kier alpha value is -0.953. The molecule has 1 aliphatic heterocycles. The second-order valence-electron chi connectivity index (χ2n) is 9.37. The summed E-state index contributed by atoms with van der Waals surface area (Å²) in [6, 6.07) is -1.25. The summed E-state index contributed by atoms with van der Waals surface area (Å²) in [6.07, 6.45) is -0.358. The summed E-state index contributed by atoms with van der Waals surface area (Å²) < 4.78 is 25.1. The monoisotopic (exact) mass is 375 g/mol. The van der Waals surface area contributed by atoms with E-state index in [1.54, 1.807) is 20.8 Å². The normalized spacial score (nSPS) is 22.9. The maximum absolute atomic E-state index is 13.5. The topological polar surface area (TPSA) is 55.8 Å². The maximum Gasteiger partial charge on any atom is 0.410 e. The first-order valence-corrected chi connectivity index (χ1v) is 11.8. The van der Waals surface area contributed by atoms with Crippen molar-refractivity contribution in [3.8, 4) is 0 Å². The molecule has 1 rings (SSSR count). The van der Waals surface area contributed by atoms with Crippen molar-refractivity contribution in [1.29, 1.82) is 0 Å². The van der Waals surface area contributed by atoms with E-state index < -0.39 is 38.8 Å². The number of likely N-dealkylation sites (tertiary alicyclic amines) is 1. The van der Waals surface area contributed by atoms with Gasteiger partial charge in [-0.2, -0.15) is 0 Å². The van der Waals surface area contributed by atoms with Crippen molar-refractivity contribution in [3.63, 3.8) is 0 Å². The first kappa shape index (κ1) is 22.1. The average molecular weight is 376 g/mol. The number of alkyl halides is 1. The second kappa shape index (κ2) is 7.74. The third-order valence-corrected chi connectivity index (χ3v) is 9.44. The quantitative estimate of drug-likeness (QED) is 0.687. The lowest BCUT2D eigenvalue weighted by Gasteiger charge is -2.43. The number of hydrogen-bond donors (Lipinski definition) is 0. The largest absolute Gasteiger partial charge is 0.444 e. The van der Waals surface area contributed by atoms with Crippen molar-refractivity contribution in [1.82, 2.24) is 4.90 Å². The van der Waals surface area contributed by atoms with Gasteiger partial charge in [-0.25, -0.2) is 9.18 Å². The molecule has 0 spiro atoms. The summed E-state index contributed by atoms with van der Waals surface area (Å²) >= 11 is 0. The highest BCUT2D eigenvalue weighted by atomic mass is 28.4. The molecule has 0 N–H and O–H groups in total. The number of hydrogen-bond acceptors (Lipinski definition) is 4. The molecule has 0 aromatic rings. The summed E-state index contributed by atoms with van der Waals surface area (Å²) in [5.74, 6) is -0.0358. The lowest BCUT2D eigenvalue weighted by atomic mass is 9.96. The molecule has 0 aromatic carbocycles. The van der Waals surface area contributed by atoms with E-state index in [0.29, 0.717) is 0 Å². The Morgan fingerprint density at radius 2 is 1.68 bits per heavy atom. The van der Waals surface area contributed by atoms with Crippen molar-refractivity contribution < 1.29 is 23.1 Å². The van der Waals surface area contributed by atoms with Crippen molar-refractivity contribution in [2.45, 2.75) is 90.2 Å². The highest BCUT2D eigenvalue weighted by Gasteiger charge is 2.43. The fraction of sp³-hybridized carbons (Fsp3) is 0.889. The van der Waals surface area contributed by atoms with E-state index in [-0.39, 0.29) is 30.3 Å². The van der Waals surface area contributed by atoms with Crippen LogP contribution in [-0.2, 0) is 14.0 Å². The highest BCUT2D eigenvalue weighted by molar-refractivity contribution is 6.74. The number of carbonyl (C=O) groups excluding carboxylic acids is 2. The Morgan fingerprint density at radius 3 is 2.12 bits per heavy atom. The van der Waals surface area contributed by atoms with E-state index in [2.05, 4.69) is 33.9 Å². The summed E-state index contributed by atoms with van der Waals surface area (Å²) in [5, 5.41) is 0.0158. The van der Waals surface area contributed by atoms with Gasteiger partial charge in [0.05, 0.1) is 18.7 Å². The van der Waals surface area contributed by atoms with Crippen LogP contribution in [0.3, 0.4) is 0 Å². The molecule has 1 aliphatic rings. The molecule has 25 heavy (non-hydrogen) atoms. The van der Waals surface area contributed by atoms with Crippen LogP contribution in [0.1, 0.15) is 54.4 Å². The fourth-order valence-electron chi connectivity index (χ4n) is 2.51. The Kier molecular flexibility index (Phi) is 6.84. The van der Waals surface area contributed by atoms with E-state index >= 15 is 0 Å². The fourth-order valence-corrected chi connectivity index (χ4v) is 3.55. The van der Waals surface area contributed by atoms with Crippen LogP contribution >= 0.6 is 0 Å². The summed E-state index contributed by atoms with van der Waals surface area (Å²) in [4.78, 5) is 26.0. The van der Waals surface area contributed by atoms with Crippen LogP contribution in [0.15, 0.2) is 0 Å². The van der Waals surface area contributed by atoms with Gasteiger partial charge in [0.15, 0.2) is 8.32 Å². The van der Waals surface area contributed by atoms with Crippen LogP contribution in [0.25, 0.3) is 0 Å². The van der Waals surface area contributed by atoms with Gasteiger partial charge in [0.25, 0.3) is 0 Å². The molecule has 0 radical (unpaired) electrons. The van der Waals surface area contributed by atoms with E-state index in [4.69, 9.17) is 9.16 Å². The Labute approximate surface area is 152 Å². The van der Waals surface area contributed by atoms with Crippen LogP contribution in [0.4, 0.5) is 9.18 Å². The Bertz CT molecular complexity index is 496. The van der Waals surface area contributed by atoms with Gasteiger partial charge in [0, 0.05) is 12.8 Å². The summed E-state index contributed by atoms with van der Waals surface area (Å²) in [6.45, 7) is 15.4. The highest BCUT2D eigenvalue weighted by Crippen LogP contribution is 2.37. The Morgan fingerprint density at radius 1 is 1.16 bits per heavy atom. The molecule has 146 valence electrons. The van der Waals surface area contributed by atoms with Crippen LogP contribution in [0, 0.1) is 0 Å². The van der Waals surface area contributed by atoms with Crippen molar-refractivity contribution in [3.05, 3.63) is 0 Å². The minimum absolute atomic E-state index is 0.0158. The van der Waals surface area contributed by atoms with Crippen molar-refractivity contribution >= 4 is 20.2 Å². The average Bonchev–Trinajstić information content (AvgIpc) is 2.41. The van der Waals surface area contributed by atoms with Crippen molar-refractivity contribution in [2.24, 2.45) is 0 Å². The molecule has 0 aliphatic carbocycles. The molecule has 5 nitrogen and oxygen atoms in total.